The number of benzene rings is 1. The van der Waals surface area contributed by atoms with Gasteiger partial charge < -0.3 is 14.8 Å². The number of carbonyl (C=O) groups is 2. The van der Waals surface area contributed by atoms with Crippen molar-refractivity contribution < 1.29 is 19.1 Å². The molecule has 1 unspecified atom stereocenters. The number of amides is 1. The van der Waals surface area contributed by atoms with Crippen LogP contribution in [0.1, 0.15) is 12.5 Å². The van der Waals surface area contributed by atoms with E-state index in [9.17, 15) is 9.59 Å². The molecule has 1 amide bonds. The van der Waals surface area contributed by atoms with Gasteiger partial charge in [0, 0.05) is 6.42 Å². The molecule has 0 aromatic heterocycles. The minimum Gasteiger partial charge on any atom is -0.460 e. The van der Waals surface area contributed by atoms with E-state index in [1.54, 1.807) is 6.92 Å². The van der Waals surface area contributed by atoms with Crippen molar-refractivity contribution >= 4 is 29.4 Å². The molecule has 1 rings (SSSR count). The number of hydrogen-bond acceptors (Lipinski definition) is 5. The molecule has 0 spiro atoms. The fourth-order valence-corrected chi connectivity index (χ4v) is 1.96. The Hall–Kier alpha value is -2.41. The molecule has 0 fully saturated rings. The first-order valence-electron chi connectivity index (χ1n) is 7.12. The van der Waals surface area contributed by atoms with E-state index in [0.717, 1.165) is 5.56 Å². The highest BCUT2D eigenvalue weighted by Crippen LogP contribution is 2.05. The second kappa shape index (κ2) is 10.3. The van der Waals surface area contributed by atoms with Crippen molar-refractivity contribution in [3.63, 3.8) is 0 Å². The summed E-state index contributed by atoms with van der Waals surface area (Å²) in [6.45, 7) is 5.51. The van der Waals surface area contributed by atoms with Gasteiger partial charge in [-0.2, -0.15) is 0 Å². The highest BCUT2D eigenvalue weighted by Gasteiger charge is 2.22. The Morgan fingerprint density at radius 1 is 1.30 bits per heavy atom. The van der Waals surface area contributed by atoms with Crippen LogP contribution < -0.4 is 10.6 Å². The molecular weight excluding hydrogens is 316 g/mol. The first-order valence-corrected chi connectivity index (χ1v) is 7.53. The standard InChI is InChI=1S/C16H20N2O4S/c1-3-10-22-14(19)13(11-12-8-6-5-7-9-12)17-15(23)18-16(20)21-4-2/h3,5-9,13H,1,4,10-11H2,2H3,(H2,17,18,20,23). The van der Waals surface area contributed by atoms with Crippen LogP contribution in [0.3, 0.4) is 0 Å². The Morgan fingerprint density at radius 2 is 2.00 bits per heavy atom. The van der Waals surface area contributed by atoms with E-state index in [1.165, 1.54) is 6.08 Å². The lowest BCUT2D eigenvalue weighted by molar-refractivity contribution is -0.144. The number of thiocarbonyl (C=S) groups is 1. The summed E-state index contributed by atoms with van der Waals surface area (Å²) in [5.74, 6) is -0.484. The summed E-state index contributed by atoms with van der Waals surface area (Å²) >= 11 is 5.02. The molecule has 124 valence electrons. The van der Waals surface area contributed by atoms with Crippen LogP contribution in [0.25, 0.3) is 0 Å². The average molecular weight is 336 g/mol. The predicted octanol–water partition coefficient (Wildman–Crippen LogP) is 1.95. The van der Waals surface area contributed by atoms with Gasteiger partial charge in [-0.1, -0.05) is 43.0 Å². The van der Waals surface area contributed by atoms with E-state index >= 15 is 0 Å². The van der Waals surface area contributed by atoms with Crippen molar-refractivity contribution in [1.82, 2.24) is 10.6 Å². The van der Waals surface area contributed by atoms with Crippen LogP contribution in [0, 0.1) is 0 Å². The van der Waals surface area contributed by atoms with Crippen molar-refractivity contribution in [3.05, 3.63) is 48.6 Å². The van der Waals surface area contributed by atoms with Crippen molar-refractivity contribution in [2.75, 3.05) is 13.2 Å². The summed E-state index contributed by atoms with van der Waals surface area (Å²) in [5.41, 5.74) is 0.930. The van der Waals surface area contributed by atoms with E-state index in [1.807, 2.05) is 30.3 Å². The number of ether oxygens (including phenoxy) is 2. The van der Waals surface area contributed by atoms with Gasteiger partial charge in [0.15, 0.2) is 5.11 Å². The van der Waals surface area contributed by atoms with Gasteiger partial charge in [-0.05, 0) is 24.7 Å². The molecular formula is C16H20N2O4S. The zero-order chi connectivity index (χ0) is 17.1. The topological polar surface area (TPSA) is 76.7 Å². The molecule has 0 aliphatic carbocycles. The third-order valence-corrected chi connectivity index (χ3v) is 2.93. The predicted molar refractivity (Wildman–Crippen MR) is 91.0 cm³/mol. The zero-order valence-corrected chi connectivity index (χ0v) is 13.7. The van der Waals surface area contributed by atoms with Crippen LogP contribution >= 0.6 is 12.2 Å². The Kier molecular flexibility index (Phi) is 8.38. The summed E-state index contributed by atoms with van der Waals surface area (Å²) < 4.78 is 9.79. The quantitative estimate of drug-likeness (QED) is 0.450. The Balaban J connectivity index is 2.70. The van der Waals surface area contributed by atoms with Gasteiger partial charge >= 0.3 is 12.1 Å². The monoisotopic (exact) mass is 336 g/mol. The molecule has 2 N–H and O–H groups in total. The Bertz CT molecular complexity index is 548. The fourth-order valence-electron chi connectivity index (χ4n) is 1.74. The molecule has 1 aromatic carbocycles. The number of hydrogen-bond donors (Lipinski definition) is 2. The SMILES string of the molecule is C=CCOC(=O)C(Cc1ccccc1)NC(=S)NC(=O)OCC. The third kappa shape index (κ3) is 7.42. The first kappa shape index (κ1) is 18.6. The second-order valence-electron chi connectivity index (χ2n) is 4.48. The normalized spacial score (nSPS) is 11.0. The second-order valence-corrected chi connectivity index (χ2v) is 4.89. The van der Waals surface area contributed by atoms with Crippen LogP contribution in [0.5, 0.6) is 0 Å². The van der Waals surface area contributed by atoms with Crippen molar-refractivity contribution in [2.24, 2.45) is 0 Å². The number of rotatable bonds is 7. The number of alkyl carbamates (subject to hydrolysis) is 1. The molecule has 0 heterocycles. The summed E-state index contributed by atoms with van der Waals surface area (Å²) in [7, 11) is 0. The molecule has 1 atom stereocenters. The average Bonchev–Trinajstić information content (AvgIpc) is 2.53. The van der Waals surface area contributed by atoms with E-state index in [2.05, 4.69) is 17.2 Å². The largest absolute Gasteiger partial charge is 0.460 e. The minimum absolute atomic E-state index is 0.0000609. The van der Waals surface area contributed by atoms with Crippen LogP contribution in [0.2, 0.25) is 0 Å². The molecule has 0 saturated carbocycles. The Morgan fingerprint density at radius 3 is 2.61 bits per heavy atom. The van der Waals surface area contributed by atoms with E-state index in [0.29, 0.717) is 6.42 Å². The first-order chi connectivity index (χ1) is 11.1. The van der Waals surface area contributed by atoms with Gasteiger partial charge in [0.2, 0.25) is 0 Å². The van der Waals surface area contributed by atoms with Crippen molar-refractivity contribution in [3.8, 4) is 0 Å². The third-order valence-electron chi connectivity index (χ3n) is 2.71. The highest BCUT2D eigenvalue weighted by molar-refractivity contribution is 7.80. The van der Waals surface area contributed by atoms with E-state index in [4.69, 9.17) is 21.7 Å². The summed E-state index contributed by atoms with van der Waals surface area (Å²) in [5, 5.41) is 5.11. The maximum Gasteiger partial charge on any atom is 0.413 e. The molecule has 6 nitrogen and oxygen atoms in total. The molecule has 0 saturated heterocycles. The molecule has 0 radical (unpaired) electrons. The molecule has 23 heavy (non-hydrogen) atoms. The van der Waals surface area contributed by atoms with Gasteiger partial charge in [-0.25, -0.2) is 9.59 Å². The van der Waals surface area contributed by atoms with E-state index < -0.39 is 18.1 Å². The number of nitrogens with one attached hydrogen (secondary N) is 2. The van der Waals surface area contributed by atoms with Gasteiger partial charge in [0.1, 0.15) is 12.6 Å². The molecule has 0 bridgehead atoms. The zero-order valence-electron chi connectivity index (χ0n) is 12.9. The van der Waals surface area contributed by atoms with Gasteiger partial charge in [0.25, 0.3) is 0 Å². The maximum absolute atomic E-state index is 12.1. The van der Waals surface area contributed by atoms with Gasteiger partial charge in [-0.15, -0.1) is 0 Å². The van der Waals surface area contributed by atoms with Gasteiger partial charge in [-0.3, -0.25) is 5.32 Å². The van der Waals surface area contributed by atoms with Crippen LogP contribution in [0.15, 0.2) is 43.0 Å². The lowest BCUT2D eigenvalue weighted by Gasteiger charge is -2.19. The van der Waals surface area contributed by atoms with Crippen LogP contribution in [0.4, 0.5) is 4.79 Å². The summed E-state index contributed by atoms with van der Waals surface area (Å²) in [6.07, 6.45) is 1.16. The van der Waals surface area contributed by atoms with Crippen LogP contribution in [-0.4, -0.2) is 36.4 Å². The molecule has 0 aliphatic rings. The summed E-state index contributed by atoms with van der Waals surface area (Å²) in [6, 6.07) is 8.67. The highest BCUT2D eigenvalue weighted by atomic mass is 32.1. The molecule has 1 aromatic rings. The lowest BCUT2D eigenvalue weighted by atomic mass is 10.1. The lowest BCUT2D eigenvalue weighted by Crippen LogP contribution is -2.49. The minimum atomic E-state index is -0.730. The Labute approximate surface area is 140 Å². The van der Waals surface area contributed by atoms with Crippen LogP contribution in [-0.2, 0) is 20.7 Å². The number of esters is 1. The summed E-state index contributed by atoms with van der Waals surface area (Å²) in [4.78, 5) is 23.5. The van der Waals surface area contributed by atoms with Crippen molar-refractivity contribution in [2.45, 2.75) is 19.4 Å². The fraction of sp³-hybridized carbons (Fsp3) is 0.312. The van der Waals surface area contributed by atoms with Crippen molar-refractivity contribution in [1.29, 1.82) is 0 Å². The molecule has 7 heteroatoms. The van der Waals surface area contributed by atoms with E-state index in [-0.39, 0.29) is 18.3 Å². The smallest absolute Gasteiger partial charge is 0.413 e. The maximum atomic E-state index is 12.1. The van der Waals surface area contributed by atoms with Gasteiger partial charge in [0.05, 0.1) is 6.61 Å². The number of carbonyl (C=O) groups excluding carboxylic acids is 2. The molecule has 0 aliphatic heterocycles.